The van der Waals surface area contributed by atoms with E-state index in [0.717, 1.165) is 50.6 Å². The highest BCUT2D eigenvalue weighted by Gasteiger charge is 2.35. The highest BCUT2D eigenvalue weighted by Crippen LogP contribution is 2.42. The van der Waals surface area contributed by atoms with E-state index in [0.29, 0.717) is 6.54 Å². The first kappa shape index (κ1) is 18.8. The summed E-state index contributed by atoms with van der Waals surface area (Å²) >= 11 is 0. The number of rotatable bonds is 3. The Hall–Kier alpha value is -3.19. The van der Waals surface area contributed by atoms with Crippen LogP contribution >= 0.6 is 0 Å². The molecule has 7 heteroatoms. The Morgan fingerprint density at radius 2 is 1.90 bits per heavy atom. The molecule has 1 aliphatic rings. The van der Waals surface area contributed by atoms with Gasteiger partial charge in [0.15, 0.2) is 5.82 Å². The Kier molecular flexibility index (Phi) is 4.02. The maximum Gasteiger partial charge on any atom is 0.162 e. The van der Waals surface area contributed by atoms with Crippen molar-refractivity contribution in [3.05, 3.63) is 59.6 Å². The number of fused-ring (bicyclic) bond motifs is 4. The normalized spacial score (nSPS) is 14.5. The Morgan fingerprint density at radius 1 is 1.10 bits per heavy atom. The largest absolute Gasteiger partial charge is 0.395 e. The van der Waals surface area contributed by atoms with Crippen LogP contribution in [-0.4, -0.2) is 31.0 Å². The van der Waals surface area contributed by atoms with Crippen LogP contribution in [0.3, 0.4) is 0 Å². The number of halogens is 1. The summed E-state index contributed by atoms with van der Waals surface area (Å²) in [6.45, 7) is 8.60. The van der Waals surface area contributed by atoms with Gasteiger partial charge in [0.05, 0.1) is 29.0 Å². The summed E-state index contributed by atoms with van der Waals surface area (Å²) in [4.78, 5) is 0. The lowest BCUT2D eigenvalue weighted by atomic mass is 9.92. The SMILES string of the molecule is Cc1c(-c2cc(F)cc3c2ccn3CCO)ccc2c1-n1c(C)nnc1C(C)(C)N2. The summed E-state index contributed by atoms with van der Waals surface area (Å²) in [5.74, 6) is 1.37. The lowest BCUT2D eigenvalue weighted by Gasteiger charge is -2.35. The van der Waals surface area contributed by atoms with Gasteiger partial charge in [-0.15, -0.1) is 10.2 Å². The summed E-state index contributed by atoms with van der Waals surface area (Å²) in [6, 6.07) is 9.17. The number of aliphatic hydroxyl groups is 1. The number of hydrogen-bond acceptors (Lipinski definition) is 4. The van der Waals surface area contributed by atoms with Crippen molar-refractivity contribution in [3.8, 4) is 16.8 Å². The van der Waals surface area contributed by atoms with Crippen molar-refractivity contribution in [1.29, 1.82) is 0 Å². The van der Waals surface area contributed by atoms with Crippen LogP contribution in [0.2, 0.25) is 0 Å². The predicted octanol–water partition coefficient (Wildman–Crippen LogP) is 4.30. The average Bonchev–Trinajstić information content (AvgIpc) is 3.26. The molecule has 0 saturated heterocycles. The Balaban J connectivity index is 1.78. The van der Waals surface area contributed by atoms with E-state index >= 15 is 0 Å². The zero-order valence-corrected chi connectivity index (χ0v) is 17.5. The monoisotopic (exact) mass is 405 g/mol. The molecular formula is C23H24FN5O. The molecule has 3 heterocycles. The third-order valence-electron chi connectivity index (χ3n) is 5.97. The molecule has 154 valence electrons. The second kappa shape index (κ2) is 6.40. The van der Waals surface area contributed by atoms with Crippen LogP contribution in [0.25, 0.3) is 27.7 Å². The second-order valence-corrected chi connectivity index (χ2v) is 8.41. The highest BCUT2D eigenvalue weighted by atomic mass is 19.1. The van der Waals surface area contributed by atoms with Crippen molar-refractivity contribution in [3.63, 3.8) is 0 Å². The van der Waals surface area contributed by atoms with Gasteiger partial charge in [0.25, 0.3) is 0 Å². The third-order valence-corrected chi connectivity index (χ3v) is 5.97. The Morgan fingerprint density at radius 3 is 2.67 bits per heavy atom. The molecule has 2 aromatic carbocycles. The van der Waals surface area contributed by atoms with Crippen LogP contribution in [0.4, 0.5) is 10.1 Å². The number of benzene rings is 2. The van der Waals surface area contributed by atoms with E-state index in [-0.39, 0.29) is 18.0 Å². The van der Waals surface area contributed by atoms with E-state index in [4.69, 9.17) is 0 Å². The van der Waals surface area contributed by atoms with Crippen LogP contribution in [0.15, 0.2) is 36.5 Å². The molecule has 0 unspecified atom stereocenters. The quantitative estimate of drug-likeness (QED) is 0.533. The molecule has 0 fully saturated rings. The van der Waals surface area contributed by atoms with Crippen LogP contribution < -0.4 is 5.32 Å². The van der Waals surface area contributed by atoms with Crippen LogP contribution in [0.5, 0.6) is 0 Å². The molecule has 6 nitrogen and oxygen atoms in total. The zero-order valence-electron chi connectivity index (χ0n) is 17.5. The molecule has 0 atom stereocenters. The number of aryl methyl sites for hydroxylation is 1. The molecule has 0 amide bonds. The minimum Gasteiger partial charge on any atom is -0.395 e. The first-order chi connectivity index (χ1) is 14.3. The average molecular weight is 405 g/mol. The maximum absolute atomic E-state index is 14.6. The molecule has 30 heavy (non-hydrogen) atoms. The molecule has 0 aliphatic carbocycles. The number of aliphatic hydroxyl groups excluding tert-OH is 1. The lowest BCUT2D eigenvalue weighted by Crippen LogP contribution is -2.36. The first-order valence-corrected chi connectivity index (χ1v) is 10.1. The van der Waals surface area contributed by atoms with Crippen LogP contribution in [0, 0.1) is 19.7 Å². The summed E-state index contributed by atoms with van der Waals surface area (Å²) in [5.41, 5.74) is 5.24. The minimum absolute atomic E-state index is 0.00460. The summed E-state index contributed by atoms with van der Waals surface area (Å²) in [5, 5.41) is 22.6. The maximum atomic E-state index is 14.6. The van der Waals surface area contributed by atoms with E-state index < -0.39 is 0 Å². The molecule has 4 aromatic rings. The van der Waals surface area contributed by atoms with Crippen LogP contribution in [0.1, 0.15) is 31.1 Å². The predicted molar refractivity (Wildman–Crippen MR) is 115 cm³/mol. The van der Waals surface area contributed by atoms with E-state index in [2.05, 4.69) is 40.9 Å². The van der Waals surface area contributed by atoms with Crippen molar-refractivity contribution < 1.29 is 9.50 Å². The molecule has 2 N–H and O–H groups in total. The Labute approximate surface area is 174 Å². The zero-order chi connectivity index (χ0) is 21.2. The van der Waals surface area contributed by atoms with Gasteiger partial charge in [-0.25, -0.2) is 4.39 Å². The summed E-state index contributed by atoms with van der Waals surface area (Å²) in [7, 11) is 0. The summed E-state index contributed by atoms with van der Waals surface area (Å²) in [6.07, 6.45) is 1.89. The number of anilines is 1. The van der Waals surface area contributed by atoms with Gasteiger partial charge in [-0.2, -0.15) is 0 Å². The molecule has 5 rings (SSSR count). The molecule has 0 spiro atoms. The molecular weight excluding hydrogens is 381 g/mol. The van der Waals surface area contributed by atoms with Crippen molar-refractivity contribution >= 4 is 16.6 Å². The molecule has 2 aromatic heterocycles. The molecule has 0 bridgehead atoms. The number of aromatic nitrogens is 4. The molecule has 0 saturated carbocycles. The lowest BCUT2D eigenvalue weighted by molar-refractivity contribution is 0.278. The smallest absolute Gasteiger partial charge is 0.162 e. The van der Waals surface area contributed by atoms with Crippen molar-refractivity contribution in [2.24, 2.45) is 0 Å². The Bertz CT molecular complexity index is 1300. The topological polar surface area (TPSA) is 67.9 Å². The fraction of sp³-hybridized carbons (Fsp3) is 0.304. The van der Waals surface area contributed by atoms with E-state index in [1.54, 1.807) is 6.07 Å². The van der Waals surface area contributed by atoms with Gasteiger partial charge in [0.2, 0.25) is 0 Å². The van der Waals surface area contributed by atoms with Crippen molar-refractivity contribution in [2.75, 3.05) is 11.9 Å². The summed E-state index contributed by atoms with van der Waals surface area (Å²) < 4.78 is 18.6. The van der Waals surface area contributed by atoms with Gasteiger partial charge < -0.3 is 15.0 Å². The van der Waals surface area contributed by atoms with Crippen molar-refractivity contribution in [2.45, 2.75) is 39.8 Å². The van der Waals surface area contributed by atoms with Gasteiger partial charge in [0.1, 0.15) is 11.6 Å². The fourth-order valence-electron chi connectivity index (χ4n) is 4.59. The second-order valence-electron chi connectivity index (χ2n) is 8.41. The van der Waals surface area contributed by atoms with E-state index in [9.17, 15) is 9.50 Å². The third kappa shape index (κ3) is 2.58. The fourth-order valence-corrected chi connectivity index (χ4v) is 4.59. The van der Waals surface area contributed by atoms with Crippen LogP contribution in [-0.2, 0) is 12.1 Å². The van der Waals surface area contributed by atoms with E-state index in [1.165, 1.54) is 6.07 Å². The van der Waals surface area contributed by atoms with E-state index in [1.807, 2.05) is 35.9 Å². The molecule has 1 aliphatic heterocycles. The van der Waals surface area contributed by atoms with Gasteiger partial charge in [-0.1, -0.05) is 6.07 Å². The van der Waals surface area contributed by atoms with Crippen molar-refractivity contribution in [1.82, 2.24) is 19.3 Å². The van der Waals surface area contributed by atoms with Gasteiger partial charge in [-0.05, 0) is 68.7 Å². The molecule has 0 radical (unpaired) electrons. The number of nitrogens with one attached hydrogen (secondary N) is 1. The van der Waals surface area contributed by atoms with Gasteiger partial charge in [0, 0.05) is 18.1 Å². The standard InChI is InChI=1S/C23H24FN5O/c1-13-16(18-11-15(24)12-20-17(18)7-8-28(20)9-10-30)5-6-19-21(13)29-14(2)26-27-22(29)23(3,4)25-19/h5-8,11-12,25,30H,9-10H2,1-4H3. The number of nitrogens with zero attached hydrogens (tertiary/aromatic N) is 4. The first-order valence-electron chi connectivity index (χ1n) is 10.1. The van der Waals surface area contributed by atoms with Gasteiger partial charge >= 0.3 is 0 Å². The highest BCUT2D eigenvalue weighted by molar-refractivity contribution is 5.97. The van der Waals surface area contributed by atoms with Gasteiger partial charge in [-0.3, -0.25) is 4.57 Å². The number of hydrogen-bond donors (Lipinski definition) is 2. The minimum atomic E-state index is -0.351.